The van der Waals surface area contributed by atoms with Crippen LogP contribution in [0, 0.1) is 0 Å². The molecule has 0 aromatic carbocycles. The van der Waals surface area contributed by atoms with Crippen molar-refractivity contribution in [2.45, 2.75) is 19.8 Å². The van der Waals surface area contributed by atoms with Crippen molar-refractivity contribution in [1.29, 1.82) is 0 Å². The van der Waals surface area contributed by atoms with Gasteiger partial charge >= 0.3 is 0 Å². The molecule has 2 aromatic heterocycles. The predicted octanol–water partition coefficient (Wildman–Crippen LogP) is 3.12. The quantitative estimate of drug-likeness (QED) is 0.799. The van der Waals surface area contributed by atoms with E-state index in [0.29, 0.717) is 11.4 Å². The third kappa shape index (κ3) is 2.42. The van der Waals surface area contributed by atoms with Gasteiger partial charge in [-0.1, -0.05) is 24.6 Å². The second-order valence-electron chi connectivity index (χ2n) is 3.76. The molecule has 0 aliphatic carbocycles. The molecule has 2 aromatic rings. The summed E-state index contributed by atoms with van der Waals surface area (Å²) in [5, 5.41) is 6.82. The maximum atomic E-state index is 12.0. The lowest BCUT2D eigenvalue weighted by Crippen LogP contribution is -2.06. The smallest absolute Gasteiger partial charge is 0.178 e. The van der Waals surface area contributed by atoms with Crippen LogP contribution in [0.5, 0.6) is 0 Å². The number of thiophene rings is 1. The number of hydrogen-bond donors (Lipinski definition) is 0. The van der Waals surface area contributed by atoms with Gasteiger partial charge in [-0.3, -0.25) is 9.48 Å². The van der Waals surface area contributed by atoms with Crippen molar-refractivity contribution < 1.29 is 4.79 Å². The van der Waals surface area contributed by atoms with Gasteiger partial charge in [0.15, 0.2) is 5.78 Å². The minimum atomic E-state index is 0.0903. The van der Waals surface area contributed by atoms with E-state index in [0.717, 1.165) is 22.7 Å². The maximum absolute atomic E-state index is 12.0. The van der Waals surface area contributed by atoms with E-state index in [1.54, 1.807) is 4.68 Å². The molecule has 0 bridgehead atoms. The van der Waals surface area contributed by atoms with Gasteiger partial charge in [0, 0.05) is 7.05 Å². The van der Waals surface area contributed by atoms with E-state index in [-0.39, 0.29) is 5.78 Å². The van der Waals surface area contributed by atoms with Crippen LogP contribution in [0.15, 0.2) is 17.5 Å². The largest absolute Gasteiger partial charge is 0.293 e. The van der Waals surface area contributed by atoms with Gasteiger partial charge in [-0.05, 0) is 17.9 Å². The Labute approximate surface area is 109 Å². The summed E-state index contributed by atoms with van der Waals surface area (Å²) in [5.74, 6) is 0.0903. The maximum Gasteiger partial charge on any atom is 0.178 e. The average molecular weight is 269 g/mol. The van der Waals surface area contributed by atoms with E-state index in [4.69, 9.17) is 11.6 Å². The molecule has 0 N–H and O–H groups in total. The molecule has 0 saturated carbocycles. The molecule has 90 valence electrons. The lowest BCUT2D eigenvalue weighted by atomic mass is 10.1. The van der Waals surface area contributed by atoms with Crippen LogP contribution < -0.4 is 0 Å². The zero-order chi connectivity index (χ0) is 12.4. The number of hydrogen-bond acceptors (Lipinski definition) is 3. The van der Waals surface area contributed by atoms with Gasteiger partial charge in [0.1, 0.15) is 0 Å². The van der Waals surface area contributed by atoms with Crippen LogP contribution in [-0.4, -0.2) is 15.6 Å². The number of carbonyl (C=O) groups is 1. The number of aryl methyl sites for hydroxylation is 2. The molecule has 2 rings (SSSR count). The van der Waals surface area contributed by atoms with Crippen LogP contribution in [0.25, 0.3) is 0 Å². The Hall–Kier alpha value is -1.13. The summed E-state index contributed by atoms with van der Waals surface area (Å²) in [5.41, 5.74) is 1.64. The molecule has 2 heterocycles. The van der Waals surface area contributed by atoms with Crippen molar-refractivity contribution in [1.82, 2.24) is 9.78 Å². The number of ketones is 1. The molecular weight excluding hydrogens is 256 g/mol. The monoisotopic (exact) mass is 268 g/mol. The van der Waals surface area contributed by atoms with Gasteiger partial charge in [0.25, 0.3) is 0 Å². The van der Waals surface area contributed by atoms with Crippen LogP contribution in [0.4, 0.5) is 0 Å². The first-order valence-corrected chi connectivity index (χ1v) is 6.66. The minimum absolute atomic E-state index is 0.0903. The summed E-state index contributed by atoms with van der Waals surface area (Å²) in [6, 6.07) is 3.71. The summed E-state index contributed by atoms with van der Waals surface area (Å²) >= 11 is 7.66. The Kier molecular flexibility index (Phi) is 3.64. The number of Topliss-reactive ketones (excluding diaryl/α,β-unsaturated/α-hetero) is 1. The number of rotatable bonds is 4. The van der Waals surface area contributed by atoms with Crippen molar-refractivity contribution >= 4 is 28.7 Å². The van der Waals surface area contributed by atoms with Crippen LogP contribution in [0.3, 0.4) is 0 Å². The lowest BCUT2D eigenvalue weighted by Gasteiger charge is -2.00. The third-order valence-corrected chi connectivity index (χ3v) is 3.97. The van der Waals surface area contributed by atoms with E-state index in [9.17, 15) is 4.79 Å². The second kappa shape index (κ2) is 5.02. The van der Waals surface area contributed by atoms with E-state index in [1.165, 1.54) is 11.3 Å². The highest BCUT2D eigenvalue weighted by Crippen LogP contribution is 2.23. The molecule has 0 radical (unpaired) electrons. The fourth-order valence-electron chi connectivity index (χ4n) is 1.69. The van der Waals surface area contributed by atoms with Gasteiger partial charge in [0.2, 0.25) is 0 Å². The first kappa shape index (κ1) is 12.3. The summed E-state index contributed by atoms with van der Waals surface area (Å²) in [4.78, 5) is 12.8. The van der Waals surface area contributed by atoms with Crippen LogP contribution >= 0.6 is 22.9 Å². The fourth-order valence-corrected chi connectivity index (χ4v) is 2.71. The molecule has 0 unspecified atom stereocenters. The van der Waals surface area contributed by atoms with Gasteiger partial charge in [-0.25, -0.2) is 0 Å². The van der Waals surface area contributed by atoms with Crippen molar-refractivity contribution in [2.24, 2.45) is 7.05 Å². The highest BCUT2D eigenvalue weighted by molar-refractivity contribution is 7.12. The van der Waals surface area contributed by atoms with Crippen molar-refractivity contribution in [2.75, 3.05) is 0 Å². The zero-order valence-corrected chi connectivity index (χ0v) is 11.3. The van der Waals surface area contributed by atoms with Gasteiger partial charge in [0.05, 0.1) is 27.7 Å². The third-order valence-electron chi connectivity index (χ3n) is 2.63. The topological polar surface area (TPSA) is 34.9 Å². The second-order valence-corrected chi connectivity index (χ2v) is 5.09. The van der Waals surface area contributed by atoms with E-state index in [2.05, 4.69) is 5.10 Å². The Bertz CT molecular complexity index is 531. The molecule has 0 aliphatic rings. The standard InChI is InChI=1S/C12H13ClN2OS/c1-3-8-12(13)9(15(2)14-8)7-10(16)11-5-4-6-17-11/h4-6H,3,7H2,1-2H3. The van der Waals surface area contributed by atoms with Crippen LogP contribution in [0.2, 0.25) is 5.02 Å². The zero-order valence-electron chi connectivity index (χ0n) is 9.74. The number of carbonyl (C=O) groups excluding carboxylic acids is 1. The summed E-state index contributed by atoms with van der Waals surface area (Å²) in [6.07, 6.45) is 1.09. The molecule has 0 amide bonds. The first-order valence-electron chi connectivity index (χ1n) is 5.40. The molecule has 0 saturated heterocycles. The number of aromatic nitrogens is 2. The molecule has 5 heteroatoms. The average Bonchev–Trinajstić information content (AvgIpc) is 2.92. The predicted molar refractivity (Wildman–Crippen MR) is 69.9 cm³/mol. The minimum Gasteiger partial charge on any atom is -0.293 e. The molecule has 0 atom stereocenters. The van der Waals surface area contributed by atoms with Crippen LogP contribution in [-0.2, 0) is 19.9 Å². The summed E-state index contributed by atoms with van der Waals surface area (Å²) in [7, 11) is 1.82. The normalized spacial score (nSPS) is 10.8. The molecule has 0 fully saturated rings. The van der Waals surface area contributed by atoms with E-state index in [1.807, 2.05) is 31.5 Å². The van der Waals surface area contributed by atoms with Crippen molar-refractivity contribution in [3.63, 3.8) is 0 Å². The van der Waals surface area contributed by atoms with Gasteiger partial charge < -0.3 is 0 Å². The Morgan fingerprint density at radius 1 is 1.59 bits per heavy atom. The summed E-state index contributed by atoms with van der Waals surface area (Å²) in [6.45, 7) is 2.00. The molecule has 0 aliphatic heterocycles. The number of nitrogens with zero attached hydrogens (tertiary/aromatic N) is 2. The molecule has 0 spiro atoms. The molecule has 17 heavy (non-hydrogen) atoms. The van der Waals surface area contributed by atoms with E-state index >= 15 is 0 Å². The van der Waals surface area contributed by atoms with E-state index < -0.39 is 0 Å². The Morgan fingerprint density at radius 2 is 2.35 bits per heavy atom. The SMILES string of the molecule is CCc1nn(C)c(CC(=O)c2cccs2)c1Cl. The van der Waals surface area contributed by atoms with Crippen molar-refractivity contribution in [3.05, 3.63) is 38.8 Å². The first-order chi connectivity index (χ1) is 8.13. The summed E-state index contributed by atoms with van der Waals surface area (Å²) < 4.78 is 1.70. The van der Waals surface area contributed by atoms with Crippen LogP contribution in [0.1, 0.15) is 28.0 Å². The lowest BCUT2D eigenvalue weighted by molar-refractivity contribution is 0.0994. The number of halogens is 1. The Morgan fingerprint density at radius 3 is 2.88 bits per heavy atom. The highest BCUT2D eigenvalue weighted by Gasteiger charge is 2.17. The molecular formula is C12H13ClN2OS. The highest BCUT2D eigenvalue weighted by atomic mass is 35.5. The van der Waals surface area contributed by atoms with Gasteiger partial charge in [-0.2, -0.15) is 5.10 Å². The molecule has 3 nitrogen and oxygen atoms in total. The van der Waals surface area contributed by atoms with Crippen molar-refractivity contribution in [3.8, 4) is 0 Å². The Balaban J connectivity index is 2.25. The fraction of sp³-hybridized carbons (Fsp3) is 0.333. The van der Waals surface area contributed by atoms with Gasteiger partial charge in [-0.15, -0.1) is 11.3 Å².